The summed E-state index contributed by atoms with van der Waals surface area (Å²) in [5.74, 6) is 0.446. The van der Waals surface area contributed by atoms with Crippen molar-refractivity contribution in [2.45, 2.75) is 109 Å². The predicted octanol–water partition coefficient (Wildman–Crippen LogP) is 5.55. The Kier molecular flexibility index (Phi) is 11.4. The van der Waals surface area contributed by atoms with Gasteiger partial charge in [-0.05, 0) is 43.9 Å². The first-order valence-electron chi connectivity index (χ1n) is 10.0. The number of hydrogen-bond donors (Lipinski definition) is 2. The number of unbranched alkanes of at least 4 members (excludes halogenated alkanes) is 7. The Balaban J connectivity index is 1.92. The molecule has 2 N–H and O–H groups in total. The standard InChI is InChI=1S/C20H38O3/c1-2-3-4-5-6-9-12-19(21)13-10-7-8-11-18(16-20(22)23)17-14-15-17/h17-19,21H,2-16H2,1H3,(H,22,23). The van der Waals surface area contributed by atoms with E-state index in [2.05, 4.69) is 6.92 Å². The molecule has 0 aromatic rings. The van der Waals surface area contributed by atoms with Gasteiger partial charge >= 0.3 is 5.97 Å². The number of aliphatic carboxylic acids is 1. The van der Waals surface area contributed by atoms with E-state index in [4.69, 9.17) is 5.11 Å². The summed E-state index contributed by atoms with van der Waals surface area (Å²) in [7, 11) is 0. The zero-order chi connectivity index (χ0) is 16.9. The van der Waals surface area contributed by atoms with Crippen molar-refractivity contribution in [2.75, 3.05) is 0 Å². The van der Waals surface area contributed by atoms with Gasteiger partial charge in [-0.2, -0.15) is 0 Å². The summed E-state index contributed by atoms with van der Waals surface area (Å²) in [6.45, 7) is 2.23. The van der Waals surface area contributed by atoms with Crippen LogP contribution in [0.15, 0.2) is 0 Å². The molecule has 0 aromatic heterocycles. The number of carboxylic acid groups (broad SMARTS) is 1. The predicted molar refractivity (Wildman–Crippen MR) is 95.6 cm³/mol. The zero-order valence-electron chi connectivity index (χ0n) is 15.1. The van der Waals surface area contributed by atoms with Crippen LogP contribution in [-0.4, -0.2) is 22.3 Å². The molecule has 0 saturated heterocycles. The van der Waals surface area contributed by atoms with Gasteiger partial charge in [-0.25, -0.2) is 0 Å². The van der Waals surface area contributed by atoms with Crippen molar-refractivity contribution in [3.05, 3.63) is 0 Å². The Labute approximate surface area is 142 Å². The van der Waals surface area contributed by atoms with Crippen LogP contribution in [0.2, 0.25) is 0 Å². The second kappa shape index (κ2) is 12.8. The Bertz CT molecular complexity index is 299. The SMILES string of the molecule is CCCCCCCCC(O)CCCCCC(CC(=O)O)C1CC1. The lowest BCUT2D eigenvalue weighted by molar-refractivity contribution is -0.138. The summed E-state index contributed by atoms with van der Waals surface area (Å²) in [5.41, 5.74) is 0. The minimum Gasteiger partial charge on any atom is -0.481 e. The molecule has 1 fully saturated rings. The molecule has 0 aliphatic heterocycles. The number of carbonyl (C=O) groups is 1. The molecule has 2 atom stereocenters. The number of rotatable bonds is 16. The van der Waals surface area contributed by atoms with Gasteiger partial charge < -0.3 is 10.2 Å². The van der Waals surface area contributed by atoms with Crippen molar-refractivity contribution < 1.29 is 15.0 Å². The van der Waals surface area contributed by atoms with Gasteiger partial charge in [0, 0.05) is 6.42 Å². The molecule has 23 heavy (non-hydrogen) atoms. The van der Waals surface area contributed by atoms with Gasteiger partial charge in [0.2, 0.25) is 0 Å². The van der Waals surface area contributed by atoms with E-state index in [0.717, 1.165) is 44.9 Å². The van der Waals surface area contributed by atoms with Crippen molar-refractivity contribution in [3.8, 4) is 0 Å². The van der Waals surface area contributed by atoms with E-state index >= 15 is 0 Å². The molecule has 136 valence electrons. The Morgan fingerprint density at radius 1 is 0.913 bits per heavy atom. The molecule has 0 spiro atoms. The summed E-state index contributed by atoms with van der Waals surface area (Å²) in [6, 6.07) is 0. The highest BCUT2D eigenvalue weighted by atomic mass is 16.4. The molecular formula is C20H38O3. The van der Waals surface area contributed by atoms with Crippen molar-refractivity contribution in [1.82, 2.24) is 0 Å². The van der Waals surface area contributed by atoms with E-state index in [1.807, 2.05) is 0 Å². The first-order valence-corrected chi connectivity index (χ1v) is 10.0. The molecule has 1 aliphatic rings. The van der Waals surface area contributed by atoms with Gasteiger partial charge in [0.05, 0.1) is 6.10 Å². The summed E-state index contributed by atoms with van der Waals surface area (Å²) >= 11 is 0. The third-order valence-corrected chi connectivity index (χ3v) is 5.23. The van der Waals surface area contributed by atoms with Crippen LogP contribution in [0.4, 0.5) is 0 Å². The first-order chi connectivity index (χ1) is 11.1. The van der Waals surface area contributed by atoms with Crippen LogP contribution in [0, 0.1) is 11.8 Å². The Morgan fingerprint density at radius 2 is 1.43 bits per heavy atom. The quantitative estimate of drug-likeness (QED) is 0.366. The third-order valence-electron chi connectivity index (χ3n) is 5.23. The number of hydrogen-bond acceptors (Lipinski definition) is 2. The van der Waals surface area contributed by atoms with E-state index in [1.165, 1.54) is 44.9 Å². The van der Waals surface area contributed by atoms with E-state index in [-0.39, 0.29) is 6.10 Å². The van der Waals surface area contributed by atoms with Crippen LogP contribution in [0.5, 0.6) is 0 Å². The van der Waals surface area contributed by atoms with Gasteiger partial charge in [0.25, 0.3) is 0 Å². The largest absolute Gasteiger partial charge is 0.481 e. The highest BCUT2D eigenvalue weighted by molar-refractivity contribution is 5.67. The highest BCUT2D eigenvalue weighted by Gasteiger charge is 2.31. The van der Waals surface area contributed by atoms with E-state index in [0.29, 0.717) is 18.3 Å². The van der Waals surface area contributed by atoms with Crippen LogP contribution in [0.3, 0.4) is 0 Å². The molecule has 0 bridgehead atoms. The van der Waals surface area contributed by atoms with Gasteiger partial charge in [-0.15, -0.1) is 0 Å². The molecule has 2 unspecified atom stereocenters. The fraction of sp³-hybridized carbons (Fsp3) is 0.950. The minimum absolute atomic E-state index is 0.126. The average Bonchev–Trinajstić information content (AvgIpc) is 3.33. The fourth-order valence-electron chi connectivity index (χ4n) is 3.56. The first kappa shape index (κ1) is 20.5. The Hall–Kier alpha value is -0.570. The van der Waals surface area contributed by atoms with Crippen LogP contribution in [-0.2, 0) is 4.79 Å². The van der Waals surface area contributed by atoms with Crippen LogP contribution in [0.1, 0.15) is 103 Å². The third kappa shape index (κ3) is 11.6. The molecule has 1 aliphatic carbocycles. The number of aliphatic hydroxyl groups excluding tert-OH is 1. The molecule has 0 aromatic carbocycles. The van der Waals surface area contributed by atoms with Crippen LogP contribution in [0.25, 0.3) is 0 Å². The zero-order valence-corrected chi connectivity index (χ0v) is 15.1. The molecule has 0 radical (unpaired) electrons. The molecule has 0 amide bonds. The number of carboxylic acids is 1. The monoisotopic (exact) mass is 326 g/mol. The molecular weight excluding hydrogens is 288 g/mol. The molecule has 1 saturated carbocycles. The summed E-state index contributed by atoms with van der Waals surface area (Å²) in [4.78, 5) is 10.9. The fourth-order valence-corrected chi connectivity index (χ4v) is 3.56. The van der Waals surface area contributed by atoms with Crippen molar-refractivity contribution in [3.63, 3.8) is 0 Å². The van der Waals surface area contributed by atoms with Gasteiger partial charge in [0.1, 0.15) is 0 Å². The highest BCUT2D eigenvalue weighted by Crippen LogP contribution is 2.41. The average molecular weight is 327 g/mol. The lowest BCUT2D eigenvalue weighted by Gasteiger charge is -2.14. The van der Waals surface area contributed by atoms with Gasteiger partial charge in [0.15, 0.2) is 0 Å². The van der Waals surface area contributed by atoms with Crippen molar-refractivity contribution in [2.24, 2.45) is 11.8 Å². The smallest absolute Gasteiger partial charge is 0.303 e. The Morgan fingerprint density at radius 3 is 2.00 bits per heavy atom. The van der Waals surface area contributed by atoms with E-state index < -0.39 is 5.97 Å². The topological polar surface area (TPSA) is 57.5 Å². The van der Waals surface area contributed by atoms with E-state index in [1.54, 1.807) is 0 Å². The number of aliphatic hydroxyl groups is 1. The second-order valence-electron chi connectivity index (χ2n) is 7.54. The summed E-state index contributed by atoms with van der Waals surface area (Å²) in [6.07, 6.45) is 16.7. The lowest BCUT2D eigenvalue weighted by Crippen LogP contribution is -2.10. The van der Waals surface area contributed by atoms with E-state index in [9.17, 15) is 9.90 Å². The maximum atomic E-state index is 10.9. The van der Waals surface area contributed by atoms with Crippen molar-refractivity contribution in [1.29, 1.82) is 0 Å². The van der Waals surface area contributed by atoms with Crippen LogP contribution >= 0.6 is 0 Å². The van der Waals surface area contributed by atoms with Gasteiger partial charge in [-0.3, -0.25) is 4.79 Å². The summed E-state index contributed by atoms with van der Waals surface area (Å²) in [5, 5.41) is 19.0. The molecule has 3 heteroatoms. The van der Waals surface area contributed by atoms with Gasteiger partial charge in [-0.1, -0.05) is 64.7 Å². The minimum atomic E-state index is -0.642. The molecule has 0 heterocycles. The van der Waals surface area contributed by atoms with Crippen LogP contribution < -0.4 is 0 Å². The maximum absolute atomic E-state index is 10.9. The normalized spacial score (nSPS) is 17.1. The second-order valence-corrected chi connectivity index (χ2v) is 7.54. The van der Waals surface area contributed by atoms with Crippen molar-refractivity contribution >= 4 is 5.97 Å². The molecule has 1 rings (SSSR count). The molecule has 3 nitrogen and oxygen atoms in total. The lowest BCUT2D eigenvalue weighted by atomic mass is 9.92. The summed E-state index contributed by atoms with van der Waals surface area (Å²) < 4.78 is 0. The maximum Gasteiger partial charge on any atom is 0.303 e.